The van der Waals surface area contributed by atoms with E-state index < -0.39 is 0 Å². The Bertz CT molecular complexity index is 237. The van der Waals surface area contributed by atoms with Gasteiger partial charge in [-0.05, 0) is 0 Å². The number of carbonyl (C=O) groups excluding carboxylic acids is 1. The normalized spacial score (nSPS) is 22.7. The first kappa shape index (κ1) is 11.0. The van der Waals surface area contributed by atoms with Gasteiger partial charge in [-0.25, -0.2) is 0 Å². The molecule has 0 aromatic rings. The van der Waals surface area contributed by atoms with Crippen LogP contribution in [0.5, 0.6) is 0 Å². The fraction of sp³-hybridized carbons (Fsp3) is 0.778. The van der Waals surface area contributed by atoms with Crippen molar-refractivity contribution >= 4 is 5.97 Å². The predicted molar refractivity (Wildman–Crippen MR) is 50.5 cm³/mol. The molecule has 1 atom stereocenters. The predicted octanol–water partition coefficient (Wildman–Crippen LogP) is -0.653. The Morgan fingerprint density at radius 1 is 1.79 bits per heavy atom. The zero-order valence-electron chi connectivity index (χ0n) is 8.32. The van der Waals surface area contributed by atoms with Gasteiger partial charge in [0.05, 0.1) is 19.6 Å². The summed E-state index contributed by atoms with van der Waals surface area (Å²) in [5.74, 6) is -0.222. The van der Waals surface area contributed by atoms with E-state index in [0.29, 0.717) is 19.5 Å². The standard InChI is InChI=1S/C9H15N3O2/c1-14-9(13)2-4-12-5-3-11-7-8(12)6-10/h8,11H,2-5,7H2,1H3. The second-order valence-corrected chi connectivity index (χ2v) is 3.21. The molecule has 1 aliphatic heterocycles. The number of piperazine rings is 1. The molecule has 1 unspecified atom stereocenters. The van der Waals surface area contributed by atoms with Gasteiger partial charge in [-0.3, -0.25) is 9.69 Å². The van der Waals surface area contributed by atoms with Crippen molar-refractivity contribution in [1.29, 1.82) is 5.26 Å². The van der Waals surface area contributed by atoms with Crippen LogP contribution < -0.4 is 5.32 Å². The average Bonchev–Trinajstić information content (AvgIpc) is 2.26. The van der Waals surface area contributed by atoms with Crippen LogP contribution in [0.1, 0.15) is 6.42 Å². The van der Waals surface area contributed by atoms with E-state index in [1.54, 1.807) is 0 Å². The van der Waals surface area contributed by atoms with Gasteiger partial charge in [0, 0.05) is 26.2 Å². The molecule has 1 rings (SSSR count). The molecule has 1 N–H and O–H groups in total. The van der Waals surface area contributed by atoms with Gasteiger partial charge >= 0.3 is 5.97 Å². The molecule has 0 bridgehead atoms. The second kappa shape index (κ2) is 5.58. The molecule has 1 aliphatic rings. The van der Waals surface area contributed by atoms with E-state index in [1.165, 1.54) is 7.11 Å². The summed E-state index contributed by atoms with van der Waals surface area (Å²) in [4.78, 5) is 12.9. The number of nitrogens with zero attached hydrogens (tertiary/aromatic N) is 2. The lowest BCUT2D eigenvalue weighted by Gasteiger charge is -2.31. The molecule has 0 radical (unpaired) electrons. The number of nitriles is 1. The second-order valence-electron chi connectivity index (χ2n) is 3.21. The monoisotopic (exact) mass is 197 g/mol. The highest BCUT2D eigenvalue weighted by molar-refractivity contribution is 5.69. The Labute approximate surface area is 83.6 Å². The SMILES string of the molecule is COC(=O)CCN1CCNCC1C#N. The van der Waals surface area contributed by atoms with Crippen LogP contribution in [-0.4, -0.2) is 50.2 Å². The fourth-order valence-electron chi connectivity index (χ4n) is 1.48. The lowest BCUT2D eigenvalue weighted by Crippen LogP contribution is -2.51. The quantitative estimate of drug-likeness (QED) is 0.609. The summed E-state index contributed by atoms with van der Waals surface area (Å²) in [6.45, 7) is 2.97. The number of esters is 1. The Hall–Kier alpha value is -1.12. The van der Waals surface area contributed by atoms with Gasteiger partial charge in [0.25, 0.3) is 0 Å². The van der Waals surface area contributed by atoms with Crippen molar-refractivity contribution in [2.45, 2.75) is 12.5 Å². The minimum absolute atomic E-state index is 0.117. The van der Waals surface area contributed by atoms with Crippen molar-refractivity contribution in [3.05, 3.63) is 0 Å². The number of ether oxygens (including phenoxy) is 1. The summed E-state index contributed by atoms with van der Waals surface area (Å²) >= 11 is 0. The molecule has 0 aliphatic carbocycles. The summed E-state index contributed by atoms with van der Waals surface area (Å²) in [5.41, 5.74) is 0. The number of carbonyl (C=O) groups is 1. The molecular formula is C9H15N3O2. The summed E-state index contributed by atoms with van der Waals surface area (Å²) < 4.78 is 4.55. The van der Waals surface area contributed by atoms with Gasteiger partial charge in [-0.15, -0.1) is 0 Å². The molecule has 0 spiro atoms. The number of hydrogen-bond acceptors (Lipinski definition) is 5. The maximum Gasteiger partial charge on any atom is 0.306 e. The first-order valence-corrected chi connectivity index (χ1v) is 4.69. The Kier molecular flexibility index (Phi) is 4.36. The van der Waals surface area contributed by atoms with Crippen LogP contribution in [0.3, 0.4) is 0 Å². The van der Waals surface area contributed by atoms with E-state index >= 15 is 0 Å². The Morgan fingerprint density at radius 3 is 3.21 bits per heavy atom. The molecule has 0 saturated carbocycles. The van der Waals surface area contributed by atoms with Crippen LogP contribution in [0.25, 0.3) is 0 Å². The zero-order valence-corrected chi connectivity index (χ0v) is 8.32. The van der Waals surface area contributed by atoms with Crippen molar-refractivity contribution in [3.63, 3.8) is 0 Å². The molecule has 5 nitrogen and oxygen atoms in total. The number of nitrogens with one attached hydrogen (secondary N) is 1. The molecule has 78 valence electrons. The first-order valence-electron chi connectivity index (χ1n) is 4.69. The largest absolute Gasteiger partial charge is 0.469 e. The molecule has 5 heteroatoms. The van der Waals surface area contributed by atoms with Crippen LogP contribution in [0.2, 0.25) is 0 Å². The van der Waals surface area contributed by atoms with Gasteiger partial charge in [0.2, 0.25) is 0 Å². The molecule has 1 heterocycles. The Morgan fingerprint density at radius 2 is 2.57 bits per heavy atom. The van der Waals surface area contributed by atoms with Gasteiger partial charge < -0.3 is 10.1 Å². The summed E-state index contributed by atoms with van der Waals surface area (Å²) in [7, 11) is 1.38. The lowest BCUT2D eigenvalue weighted by molar-refractivity contribution is -0.141. The molecule has 0 aromatic carbocycles. The molecular weight excluding hydrogens is 182 g/mol. The molecule has 0 aromatic heterocycles. The van der Waals surface area contributed by atoms with Crippen molar-refractivity contribution in [2.75, 3.05) is 33.3 Å². The molecule has 1 saturated heterocycles. The van der Waals surface area contributed by atoms with Crippen LogP contribution in [0.15, 0.2) is 0 Å². The van der Waals surface area contributed by atoms with Crippen LogP contribution in [-0.2, 0) is 9.53 Å². The maximum absolute atomic E-state index is 10.9. The number of methoxy groups -OCH3 is 1. The summed E-state index contributed by atoms with van der Waals surface area (Å²) in [5, 5.41) is 12.0. The molecule has 14 heavy (non-hydrogen) atoms. The third-order valence-electron chi connectivity index (χ3n) is 2.33. The van der Waals surface area contributed by atoms with Crippen LogP contribution >= 0.6 is 0 Å². The van der Waals surface area contributed by atoms with E-state index in [0.717, 1.165) is 13.1 Å². The van der Waals surface area contributed by atoms with E-state index in [4.69, 9.17) is 5.26 Å². The molecule has 0 amide bonds. The van der Waals surface area contributed by atoms with Gasteiger partial charge in [-0.2, -0.15) is 5.26 Å². The minimum atomic E-state index is -0.222. The number of hydrogen-bond donors (Lipinski definition) is 1. The first-order chi connectivity index (χ1) is 6.77. The Balaban J connectivity index is 2.34. The maximum atomic E-state index is 10.9. The molecule has 1 fully saturated rings. The highest BCUT2D eigenvalue weighted by Gasteiger charge is 2.21. The average molecular weight is 197 g/mol. The highest BCUT2D eigenvalue weighted by Crippen LogP contribution is 2.03. The minimum Gasteiger partial charge on any atom is -0.469 e. The summed E-state index contributed by atoms with van der Waals surface area (Å²) in [6.07, 6.45) is 0.356. The van der Waals surface area contributed by atoms with Gasteiger partial charge in [0.1, 0.15) is 6.04 Å². The zero-order chi connectivity index (χ0) is 10.4. The van der Waals surface area contributed by atoms with Crippen molar-refractivity contribution < 1.29 is 9.53 Å². The highest BCUT2D eigenvalue weighted by atomic mass is 16.5. The van der Waals surface area contributed by atoms with Crippen molar-refractivity contribution in [3.8, 4) is 6.07 Å². The van der Waals surface area contributed by atoms with Crippen molar-refractivity contribution in [2.24, 2.45) is 0 Å². The topological polar surface area (TPSA) is 65.4 Å². The van der Waals surface area contributed by atoms with Crippen LogP contribution in [0.4, 0.5) is 0 Å². The smallest absolute Gasteiger partial charge is 0.306 e. The van der Waals surface area contributed by atoms with Gasteiger partial charge in [-0.1, -0.05) is 0 Å². The number of rotatable bonds is 3. The van der Waals surface area contributed by atoms with Crippen molar-refractivity contribution in [1.82, 2.24) is 10.2 Å². The van der Waals surface area contributed by atoms with Gasteiger partial charge in [0.15, 0.2) is 0 Å². The van der Waals surface area contributed by atoms with E-state index in [1.807, 2.05) is 4.90 Å². The lowest BCUT2D eigenvalue weighted by atomic mass is 10.2. The fourth-order valence-corrected chi connectivity index (χ4v) is 1.48. The van der Waals surface area contributed by atoms with Crippen LogP contribution in [0, 0.1) is 11.3 Å². The third-order valence-corrected chi connectivity index (χ3v) is 2.33. The summed E-state index contributed by atoms with van der Waals surface area (Å²) in [6, 6.07) is 2.09. The van der Waals surface area contributed by atoms with E-state index in [2.05, 4.69) is 16.1 Å². The third kappa shape index (κ3) is 2.98. The van der Waals surface area contributed by atoms with E-state index in [-0.39, 0.29) is 12.0 Å². The van der Waals surface area contributed by atoms with E-state index in [9.17, 15) is 4.79 Å².